The van der Waals surface area contributed by atoms with Gasteiger partial charge in [0.1, 0.15) is 11.5 Å². The van der Waals surface area contributed by atoms with E-state index >= 15 is 0 Å². The molecule has 0 bridgehead atoms. The van der Waals surface area contributed by atoms with Crippen LogP contribution in [-0.2, 0) is 24.2 Å². The Labute approximate surface area is 155 Å². The van der Waals surface area contributed by atoms with E-state index < -0.39 is 0 Å². The first-order chi connectivity index (χ1) is 12.5. The number of hydrogen-bond donors (Lipinski definition) is 1. The highest BCUT2D eigenvalue weighted by Gasteiger charge is 2.08. The second-order valence-electron chi connectivity index (χ2n) is 5.62. The monoisotopic (exact) mass is 360 g/mol. The van der Waals surface area contributed by atoms with Crippen LogP contribution in [0.1, 0.15) is 40.9 Å². The molecule has 1 N–H and O–H groups in total. The number of rotatable bonds is 6. The molecule has 142 valence electrons. The zero-order valence-corrected chi connectivity index (χ0v) is 16.2. The van der Waals surface area contributed by atoms with Crippen LogP contribution in [0, 0.1) is 0 Å². The maximum atomic E-state index is 11.3. The molecule has 26 heavy (non-hydrogen) atoms. The van der Waals surface area contributed by atoms with Crippen molar-refractivity contribution in [1.29, 1.82) is 0 Å². The second-order valence-corrected chi connectivity index (χ2v) is 5.62. The fourth-order valence-corrected chi connectivity index (χ4v) is 2.36. The number of carbonyl (C=O) groups is 1. The molecule has 2 aromatic rings. The van der Waals surface area contributed by atoms with Crippen LogP contribution in [-0.4, -0.2) is 32.4 Å². The van der Waals surface area contributed by atoms with Crippen LogP contribution in [0.3, 0.4) is 0 Å². The summed E-state index contributed by atoms with van der Waals surface area (Å²) in [5.74, 6) is 1.17. The smallest absolute Gasteiger partial charge is 0.337 e. The highest BCUT2D eigenvalue weighted by molar-refractivity contribution is 5.90. The predicted octanol–water partition coefficient (Wildman–Crippen LogP) is 3.79. The highest BCUT2D eigenvalue weighted by Crippen LogP contribution is 2.18. The van der Waals surface area contributed by atoms with E-state index in [2.05, 4.69) is 11.7 Å². The van der Waals surface area contributed by atoms with Crippen LogP contribution >= 0.6 is 0 Å². The topological polar surface area (TPSA) is 65.0 Å². The predicted molar refractivity (Wildman–Crippen MR) is 102 cm³/mol. The van der Waals surface area contributed by atoms with E-state index in [-0.39, 0.29) is 12.6 Å². The third-order valence-corrected chi connectivity index (χ3v) is 3.88. The molecular weight excluding hydrogens is 332 g/mol. The fraction of sp³-hybridized carbons (Fsp3) is 0.381. The number of aliphatic hydroxyl groups excluding tert-OH is 1. The molecule has 2 rings (SSSR count). The summed E-state index contributed by atoms with van der Waals surface area (Å²) < 4.78 is 14.8. The van der Waals surface area contributed by atoms with Gasteiger partial charge in [0, 0.05) is 0 Å². The second kappa shape index (κ2) is 11.2. The van der Waals surface area contributed by atoms with Crippen molar-refractivity contribution in [3.05, 3.63) is 58.7 Å². The van der Waals surface area contributed by atoms with E-state index in [1.807, 2.05) is 37.3 Å². The molecule has 0 radical (unpaired) electrons. The number of carbonyl (C=O) groups excluding carboxylic acids is 1. The molecule has 0 unspecified atom stereocenters. The highest BCUT2D eigenvalue weighted by atomic mass is 16.5. The maximum Gasteiger partial charge on any atom is 0.337 e. The average Bonchev–Trinajstić information content (AvgIpc) is 2.72. The lowest BCUT2D eigenvalue weighted by Gasteiger charge is -2.06. The number of ether oxygens (including phenoxy) is 3. The van der Waals surface area contributed by atoms with Gasteiger partial charge in [-0.25, -0.2) is 4.79 Å². The normalized spacial score (nSPS) is 9.77. The molecule has 0 fully saturated rings. The maximum absolute atomic E-state index is 11.3. The molecule has 2 aromatic carbocycles. The van der Waals surface area contributed by atoms with Crippen molar-refractivity contribution in [3.8, 4) is 11.5 Å². The number of hydrogen-bond acceptors (Lipinski definition) is 5. The summed E-state index contributed by atoms with van der Waals surface area (Å²) in [5, 5.41) is 8.92. The summed E-state index contributed by atoms with van der Waals surface area (Å²) in [6.07, 6.45) is 1.82. The molecule has 0 aromatic heterocycles. The molecule has 5 heteroatoms. The lowest BCUT2D eigenvalue weighted by molar-refractivity contribution is 0.0600. The van der Waals surface area contributed by atoms with Gasteiger partial charge in [0.2, 0.25) is 0 Å². The van der Waals surface area contributed by atoms with E-state index in [0.29, 0.717) is 11.3 Å². The van der Waals surface area contributed by atoms with Crippen LogP contribution in [0.15, 0.2) is 36.4 Å². The van der Waals surface area contributed by atoms with Crippen molar-refractivity contribution in [2.45, 2.75) is 33.3 Å². The molecule has 0 aliphatic rings. The Morgan fingerprint density at radius 2 is 1.31 bits per heavy atom. The van der Waals surface area contributed by atoms with E-state index in [1.165, 1.54) is 12.7 Å². The van der Waals surface area contributed by atoms with Gasteiger partial charge in [0.15, 0.2) is 0 Å². The molecule has 0 atom stereocenters. The molecule has 0 saturated heterocycles. The van der Waals surface area contributed by atoms with E-state index in [0.717, 1.165) is 29.7 Å². The minimum atomic E-state index is -0.335. The average molecular weight is 360 g/mol. The first-order valence-corrected chi connectivity index (χ1v) is 8.55. The number of aryl methyl sites for hydroxylation is 2. The van der Waals surface area contributed by atoms with Gasteiger partial charge in [-0.3, -0.25) is 0 Å². The summed E-state index contributed by atoms with van der Waals surface area (Å²) >= 11 is 0. The molecule has 0 aliphatic heterocycles. The summed E-state index contributed by atoms with van der Waals surface area (Å²) in [5.41, 5.74) is 3.69. The number of methoxy groups -OCH3 is 3. The number of benzene rings is 2. The molecule has 0 spiro atoms. The molecule has 0 saturated carbocycles. The van der Waals surface area contributed by atoms with Gasteiger partial charge < -0.3 is 19.3 Å². The first kappa shape index (κ1) is 21.5. The Bertz CT molecular complexity index is 632. The quantitative estimate of drug-likeness (QED) is 0.794. The van der Waals surface area contributed by atoms with E-state index in [9.17, 15) is 4.79 Å². The third kappa shape index (κ3) is 6.41. The first-order valence-electron chi connectivity index (χ1n) is 8.55. The van der Waals surface area contributed by atoms with Gasteiger partial charge in [-0.2, -0.15) is 0 Å². The van der Waals surface area contributed by atoms with Gasteiger partial charge in [-0.05, 0) is 59.9 Å². The minimum absolute atomic E-state index is 0.0736. The standard InChI is InChI=1S/C11H14O3.C10H14O2/c1-4-8-5-9(11(12)14-3)7-10(6-8)13-2;1-3-8-4-9(7-11)6-10(5-8)12-2/h5-7H,4H2,1-3H3;4-6,11H,3,7H2,1-2H3. The molecule has 5 nitrogen and oxygen atoms in total. The molecular formula is C21H28O5. The van der Waals surface area contributed by atoms with Gasteiger partial charge in [0.05, 0.1) is 33.5 Å². The summed E-state index contributed by atoms with van der Waals surface area (Å²) in [7, 11) is 4.58. The molecule has 0 amide bonds. The van der Waals surface area contributed by atoms with Crippen LogP contribution in [0.5, 0.6) is 11.5 Å². The molecule has 0 aliphatic carbocycles. The fourth-order valence-electron chi connectivity index (χ4n) is 2.36. The van der Waals surface area contributed by atoms with Crippen molar-refractivity contribution >= 4 is 5.97 Å². The van der Waals surface area contributed by atoms with Crippen molar-refractivity contribution in [1.82, 2.24) is 0 Å². The van der Waals surface area contributed by atoms with Gasteiger partial charge in [-0.1, -0.05) is 19.9 Å². The van der Waals surface area contributed by atoms with E-state index in [4.69, 9.17) is 14.6 Å². The van der Waals surface area contributed by atoms with Crippen LogP contribution in [0.4, 0.5) is 0 Å². The third-order valence-electron chi connectivity index (χ3n) is 3.88. The van der Waals surface area contributed by atoms with Crippen molar-refractivity contribution in [2.24, 2.45) is 0 Å². The Morgan fingerprint density at radius 3 is 1.77 bits per heavy atom. The van der Waals surface area contributed by atoms with Crippen LogP contribution < -0.4 is 9.47 Å². The Balaban J connectivity index is 0.000000263. The Kier molecular flexibility index (Phi) is 9.23. The van der Waals surface area contributed by atoms with Crippen molar-refractivity contribution in [3.63, 3.8) is 0 Å². The SMILES string of the molecule is CCc1cc(CO)cc(OC)c1.CCc1cc(OC)cc(C(=O)OC)c1. The van der Waals surface area contributed by atoms with Gasteiger partial charge in [-0.15, -0.1) is 0 Å². The van der Waals surface area contributed by atoms with E-state index in [1.54, 1.807) is 20.3 Å². The lowest BCUT2D eigenvalue weighted by Crippen LogP contribution is -2.02. The number of aliphatic hydroxyl groups is 1. The summed E-state index contributed by atoms with van der Waals surface area (Å²) in [4.78, 5) is 11.3. The molecule has 0 heterocycles. The van der Waals surface area contributed by atoms with Crippen molar-refractivity contribution < 1.29 is 24.1 Å². The zero-order valence-electron chi connectivity index (χ0n) is 16.2. The van der Waals surface area contributed by atoms with Crippen LogP contribution in [0.2, 0.25) is 0 Å². The number of esters is 1. The summed E-state index contributed by atoms with van der Waals surface area (Å²) in [6, 6.07) is 11.2. The minimum Gasteiger partial charge on any atom is -0.497 e. The summed E-state index contributed by atoms with van der Waals surface area (Å²) in [6.45, 7) is 4.18. The Hall–Kier alpha value is -2.53. The van der Waals surface area contributed by atoms with Gasteiger partial charge in [0.25, 0.3) is 0 Å². The lowest BCUT2D eigenvalue weighted by atomic mass is 10.1. The largest absolute Gasteiger partial charge is 0.497 e. The van der Waals surface area contributed by atoms with Gasteiger partial charge >= 0.3 is 5.97 Å². The zero-order chi connectivity index (χ0) is 19.5. The Morgan fingerprint density at radius 1 is 0.808 bits per heavy atom. The van der Waals surface area contributed by atoms with Crippen LogP contribution in [0.25, 0.3) is 0 Å². The van der Waals surface area contributed by atoms with Crippen molar-refractivity contribution in [2.75, 3.05) is 21.3 Å².